The Balaban J connectivity index is 2.74. The molecule has 1 rings (SSSR count). The second-order valence-electron chi connectivity index (χ2n) is 7.18. The number of rotatable bonds is 6. The molecule has 0 aliphatic heterocycles. The average Bonchev–Trinajstić information content (AvgIpc) is 2.67. The normalized spacial score (nSPS) is 13.8. The van der Waals surface area contributed by atoms with E-state index in [1.165, 1.54) is 4.88 Å². The van der Waals surface area contributed by atoms with Crippen LogP contribution in [0.3, 0.4) is 0 Å². The summed E-state index contributed by atoms with van der Waals surface area (Å²) < 4.78 is 0. The summed E-state index contributed by atoms with van der Waals surface area (Å²) in [5.74, 6) is 0.686. The third kappa shape index (κ3) is 4.74. The highest BCUT2D eigenvalue weighted by Gasteiger charge is 2.26. The van der Waals surface area contributed by atoms with Crippen LogP contribution in [0, 0.1) is 18.3 Å². The minimum absolute atomic E-state index is 0.254. The number of hydrogen-bond acceptors (Lipinski definition) is 4. The van der Waals surface area contributed by atoms with Crippen LogP contribution in [0.25, 0.3) is 0 Å². The molecule has 1 N–H and O–H groups in total. The summed E-state index contributed by atoms with van der Waals surface area (Å²) in [5, 5.41) is 4.64. The van der Waals surface area contributed by atoms with Gasteiger partial charge in [-0.3, -0.25) is 0 Å². The van der Waals surface area contributed by atoms with Crippen molar-refractivity contribution in [2.75, 3.05) is 18.5 Å². The highest BCUT2D eigenvalue weighted by Crippen LogP contribution is 2.31. The zero-order valence-corrected chi connectivity index (χ0v) is 15.2. The Labute approximate surface area is 128 Å². The van der Waals surface area contributed by atoms with Gasteiger partial charge in [-0.05, 0) is 31.7 Å². The SMILES string of the molecule is Cc1nc(N(C)C(C)C(C)(C)C)sc1CNCC(C)C. The van der Waals surface area contributed by atoms with Crippen molar-refractivity contribution >= 4 is 16.5 Å². The van der Waals surface area contributed by atoms with Crippen LogP contribution < -0.4 is 10.2 Å². The van der Waals surface area contributed by atoms with Gasteiger partial charge in [0.15, 0.2) is 5.13 Å². The van der Waals surface area contributed by atoms with Gasteiger partial charge >= 0.3 is 0 Å². The number of aromatic nitrogens is 1. The molecule has 0 saturated heterocycles. The number of aryl methyl sites for hydroxylation is 1. The fourth-order valence-electron chi connectivity index (χ4n) is 1.95. The van der Waals surface area contributed by atoms with E-state index in [1.807, 2.05) is 11.3 Å². The number of nitrogens with one attached hydrogen (secondary N) is 1. The first-order valence-corrected chi connectivity index (χ1v) is 8.34. The molecule has 1 unspecified atom stereocenters. The molecule has 0 aliphatic rings. The molecule has 116 valence electrons. The highest BCUT2D eigenvalue weighted by molar-refractivity contribution is 7.15. The molecular formula is C16H31N3S. The summed E-state index contributed by atoms with van der Waals surface area (Å²) in [6.07, 6.45) is 0. The minimum Gasteiger partial charge on any atom is -0.348 e. The molecule has 0 spiro atoms. The van der Waals surface area contributed by atoms with Crippen LogP contribution in [0.15, 0.2) is 0 Å². The Bertz CT molecular complexity index is 418. The topological polar surface area (TPSA) is 28.2 Å². The minimum atomic E-state index is 0.254. The van der Waals surface area contributed by atoms with Gasteiger partial charge in [0.1, 0.15) is 0 Å². The first-order valence-electron chi connectivity index (χ1n) is 7.52. The monoisotopic (exact) mass is 297 g/mol. The van der Waals surface area contributed by atoms with Gasteiger partial charge < -0.3 is 10.2 Å². The first-order chi connectivity index (χ1) is 9.12. The Morgan fingerprint density at radius 3 is 2.35 bits per heavy atom. The zero-order valence-electron chi connectivity index (χ0n) is 14.4. The molecule has 1 aromatic heterocycles. The maximum atomic E-state index is 4.75. The molecule has 0 bridgehead atoms. The predicted molar refractivity (Wildman–Crippen MR) is 90.7 cm³/mol. The molecular weight excluding hydrogens is 266 g/mol. The largest absolute Gasteiger partial charge is 0.348 e. The molecule has 1 heterocycles. The van der Waals surface area contributed by atoms with Gasteiger partial charge in [0, 0.05) is 24.5 Å². The first kappa shape index (κ1) is 17.4. The van der Waals surface area contributed by atoms with Gasteiger partial charge in [-0.1, -0.05) is 34.6 Å². The van der Waals surface area contributed by atoms with Crippen molar-refractivity contribution in [3.63, 3.8) is 0 Å². The molecule has 0 amide bonds. The molecule has 4 heteroatoms. The average molecular weight is 298 g/mol. The van der Waals surface area contributed by atoms with E-state index in [2.05, 4.69) is 65.7 Å². The Kier molecular flexibility index (Phi) is 6.02. The molecule has 0 saturated carbocycles. The molecule has 0 radical (unpaired) electrons. The van der Waals surface area contributed by atoms with Gasteiger partial charge in [0.2, 0.25) is 0 Å². The Morgan fingerprint density at radius 2 is 1.85 bits per heavy atom. The maximum absolute atomic E-state index is 4.75. The van der Waals surface area contributed by atoms with E-state index >= 15 is 0 Å². The molecule has 0 fully saturated rings. The molecule has 1 atom stereocenters. The van der Waals surface area contributed by atoms with Crippen molar-refractivity contribution in [2.24, 2.45) is 11.3 Å². The van der Waals surface area contributed by atoms with Crippen LogP contribution in [0.2, 0.25) is 0 Å². The molecule has 1 aromatic rings. The summed E-state index contributed by atoms with van der Waals surface area (Å²) in [5.41, 5.74) is 1.42. The maximum Gasteiger partial charge on any atom is 0.185 e. The third-order valence-corrected chi connectivity index (χ3v) is 5.10. The molecule has 0 aromatic carbocycles. The fourth-order valence-corrected chi connectivity index (χ4v) is 3.02. The van der Waals surface area contributed by atoms with Gasteiger partial charge in [0.25, 0.3) is 0 Å². The lowest BCUT2D eigenvalue weighted by atomic mass is 9.87. The third-order valence-electron chi connectivity index (χ3n) is 3.86. The van der Waals surface area contributed by atoms with Gasteiger partial charge in [-0.2, -0.15) is 0 Å². The summed E-state index contributed by atoms with van der Waals surface area (Å²) in [7, 11) is 2.15. The van der Waals surface area contributed by atoms with E-state index in [9.17, 15) is 0 Å². The van der Waals surface area contributed by atoms with E-state index in [0.29, 0.717) is 12.0 Å². The second-order valence-corrected chi connectivity index (χ2v) is 8.24. The lowest BCUT2D eigenvalue weighted by Gasteiger charge is -2.35. The van der Waals surface area contributed by atoms with E-state index in [1.54, 1.807) is 0 Å². The fraction of sp³-hybridized carbons (Fsp3) is 0.812. The standard InChI is InChI=1S/C16H31N3S/c1-11(2)9-17-10-14-12(3)18-15(20-14)19(8)13(4)16(5,6)7/h11,13,17H,9-10H2,1-8H3. The van der Waals surface area contributed by atoms with E-state index in [-0.39, 0.29) is 5.41 Å². The van der Waals surface area contributed by atoms with Crippen molar-refractivity contribution in [3.8, 4) is 0 Å². The highest BCUT2D eigenvalue weighted by atomic mass is 32.1. The lowest BCUT2D eigenvalue weighted by Crippen LogP contribution is -2.39. The summed E-state index contributed by atoms with van der Waals surface area (Å²) >= 11 is 1.82. The van der Waals surface area contributed by atoms with Crippen molar-refractivity contribution in [1.29, 1.82) is 0 Å². The van der Waals surface area contributed by atoms with Crippen molar-refractivity contribution in [1.82, 2.24) is 10.3 Å². The van der Waals surface area contributed by atoms with Crippen LogP contribution in [0.4, 0.5) is 5.13 Å². The van der Waals surface area contributed by atoms with Crippen molar-refractivity contribution < 1.29 is 0 Å². The summed E-state index contributed by atoms with van der Waals surface area (Å²) in [6, 6.07) is 0.463. The van der Waals surface area contributed by atoms with E-state index in [4.69, 9.17) is 4.98 Å². The quantitative estimate of drug-likeness (QED) is 0.858. The van der Waals surface area contributed by atoms with Crippen LogP contribution in [0.1, 0.15) is 52.1 Å². The Morgan fingerprint density at radius 1 is 1.25 bits per heavy atom. The number of hydrogen-bond donors (Lipinski definition) is 1. The molecule has 0 aliphatic carbocycles. The van der Waals surface area contributed by atoms with Gasteiger partial charge in [0.05, 0.1) is 5.69 Å². The van der Waals surface area contributed by atoms with Gasteiger partial charge in [-0.25, -0.2) is 4.98 Å². The summed E-state index contributed by atoms with van der Waals surface area (Å²) in [4.78, 5) is 8.41. The van der Waals surface area contributed by atoms with Gasteiger partial charge in [-0.15, -0.1) is 11.3 Å². The number of nitrogens with zero attached hydrogens (tertiary/aromatic N) is 2. The van der Waals surface area contributed by atoms with Crippen molar-refractivity contribution in [3.05, 3.63) is 10.6 Å². The van der Waals surface area contributed by atoms with Crippen LogP contribution >= 0.6 is 11.3 Å². The van der Waals surface area contributed by atoms with Crippen LogP contribution in [-0.2, 0) is 6.54 Å². The molecule has 20 heavy (non-hydrogen) atoms. The van der Waals surface area contributed by atoms with Crippen LogP contribution in [0.5, 0.6) is 0 Å². The van der Waals surface area contributed by atoms with E-state index < -0.39 is 0 Å². The Hall–Kier alpha value is -0.610. The number of thiazole rings is 1. The molecule has 3 nitrogen and oxygen atoms in total. The summed E-state index contributed by atoms with van der Waals surface area (Å²) in [6.45, 7) is 17.7. The predicted octanol–water partition coefficient (Wildman–Crippen LogP) is 4.07. The van der Waals surface area contributed by atoms with Crippen LogP contribution in [-0.4, -0.2) is 24.6 Å². The lowest BCUT2D eigenvalue weighted by molar-refractivity contribution is 0.329. The smallest absolute Gasteiger partial charge is 0.185 e. The number of anilines is 1. The van der Waals surface area contributed by atoms with E-state index in [0.717, 1.165) is 23.9 Å². The van der Waals surface area contributed by atoms with Crippen molar-refractivity contribution in [2.45, 2.75) is 61.1 Å². The second kappa shape index (κ2) is 6.90. The zero-order chi connectivity index (χ0) is 15.5.